The summed E-state index contributed by atoms with van der Waals surface area (Å²) in [5.41, 5.74) is 0. The lowest BCUT2D eigenvalue weighted by Crippen LogP contribution is -2.41. The van der Waals surface area contributed by atoms with E-state index in [0.717, 1.165) is 6.26 Å². The Morgan fingerprint density at radius 1 is 1.18 bits per heavy atom. The number of hydrogen-bond donors (Lipinski definition) is 2. The van der Waals surface area contributed by atoms with Gasteiger partial charge in [0, 0.05) is 0 Å². The molecule has 0 spiro atoms. The van der Waals surface area contributed by atoms with Crippen LogP contribution in [0.15, 0.2) is 12.0 Å². The number of aliphatic carboxylic acids is 2. The van der Waals surface area contributed by atoms with Crippen molar-refractivity contribution in [3.63, 3.8) is 0 Å². The Bertz CT molecular complexity index is 346. The molecule has 8 nitrogen and oxygen atoms in total. The molecule has 0 atom stereocenters. The summed E-state index contributed by atoms with van der Waals surface area (Å²) in [6, 6.07) is 0. The van der Waals surface area contributed by atoms with Gasteiger partial charge >= 0.3 is 11.9 Å². The number of hydrogen-bond acceptors (Lipinski definition) is 5. The third-order valence-corrected chi connectivity index (χ3v) is 1.80. The zero-order chi connectivity index (χ0) is 12.8. The maximum Gasteiger partial charge on any atom is 0.323 e. The van der Waals surface area contributed by atoms with E-state index in [2.05, 4.69) is 0 Å². The average molecular weight is 245 g/mol. The molecule has 0 bridgehead atoms. The van der Waals surface area contributed by atoms with Crippen LogP contribution in [-0.2, 0) is 23.9 Å². The fraction of sp³-hybridized carbons (Fsp3) is 0.444. The quantitative estimate of drug-likeness (QED) is 0.630. The fourth-order valence-electron chi connectivity index (χ4n) is 1.16. The summed E-state index contributed by atoms with van der Waals surface area (Å²) in [6.45, 7) is -0.988. The summed E-state index contributed by atoms with van der Waals surface area (Å²) in [7, 11) is 0. The first kappa shape index (κ1) is 12.8. The molecule has 0 aliphatic carbocycles. The molecule has 0 saturated heterocycles. The second-order valence-electron chi connectivity index (χ2n) is 3.15. The van der Waals surface area contributed by atoms with Gasteiger partial charge < -0.3 is 24.6 Å². The van der Waals surface area contributed by atoms with Gasteiger partial charge in [-0.3, -0.25) is 14.4 Å². The van der Waals surface area contributed by atoms with Gasteiger partial charge in [-0.25, -0.2) is 0 Å². The molecule has 0 unspecified atom stereocenters. The minimum atomic E-state index is -1.31. The van der Waals surface area contributed by atoms with E-state index in [-0.39, 0.29) is 19.0 Å². The first-order valence-corrected chi connectivity index (χ1v) is 4.68. The van der Waals surface area contributed by atoms with E-state index in [1.807, 2.05) is 0 Å². The molecule has 1 rings (SSSR count). The normalized spacial score (nSPS) is 14.0. The van der Waals surface area contributed by atoms with Crippen LogP contribution in [0.5, 0.6) is 0 Å². The van der Waals surface area contributed by atoms with Gasteiger partial charge in [-0.05, 0) is 0 Å². The van der Waals surface area contributed by atoms with E-state index in [9.17, 15) is 14.4 Å². The zero-order valence-electron chi connectivity index (χ0n) is 8.79. The first-order chi connectivity index (χ1) is 8.00. The number of carboxylic acids is 2. The van der Waals surface area contributed by atoms with Gasteiger partial charge in [0.1, 0.15) is 32.6 Å². The van der Waals surface area contributed by atoms with Gasteiger partial charge in [-0.15, -0.1) is 0 Å². The molecule has 1 aliphatic heterocycles. The largest absolute Gasteiger partial charge is 0.494 e. The van der Waals surface area contributed by atoms with Crippen molar-refractivity contribution >= 4 is 17.8 Å². The topological polar surface area (TPSA) is 113 Å². The third-order valence-electron chi connectivity index (χ3n) is 1.80. The van der Waals surface area contributed by atoms with Crippen LogP contribution in [0, 0.1) is 0 Å². The van der Waals surface area contributed by atoms with Crippen molar-refractivity contribution < 1.29 is 34.1 Å². The molecule has 0 saturated carbocycles. The second kappa shape index (κ2) is 5.73. The first-order valence-electron chi connectivity index (χ1n) is 4.68. The molecule has 94 valence electrons. The van der Waals surface area contributed by atoms with Gasteiger partial charge in [0.25, 0.3) is 5.91 Å². The minimum absolute atomic E-state index is 0.158. The SMILES string of the molecule is O=C(O)CN(CC(=O)O)C(=O)C1=COCCO1. The van der Waals surface area contributed by atoms with Crippen LogP contribution >= 0.6 is 0 Å². The summed E-state index contributed by atoms with van der Waals surface area (Å²) in [5, 5.41) is 17.1. The van der Waals surface area contributed by atoms with Gasteiger partial charge in [-0.2, -0.15) is 0 Å². The lowest BCUT2D eigenvalue weighted by Gasteiger charge is -2.21. The summed E-state index contributed by atoms with van der Waals surface area (Å²) in [6.07, 6.45) is 1.04. The molecule has 2 N–H and O–H groups in total. The van der Waals surface area contributed by atoms with Gasteiger partial charge in [0.2, 0.25) is 5.76 Å². The van der Waals surface area contributed by atoms with Crippen LogP contribution in [0.4, 0.5) is 0 Å². The highest BCUT2D eigenvalue weighted by molar-refractivity contribution is 5.95. The molecule has 0 radical (unpaired) electrons. The predicted octanol–water partition coefficient (Wildman–Crippen LogP) is -1.13. The number of ether oxygens (including phenoxy) is 2. The van der Waals surface area contributed by atoms with Crippen LogP contribution in [0.2, 0.25) is 0 Å². The third kappa shape index (κ3) is 4.01. The Morgan fingerprint density at radius 3 is 2.18 bits per heavy atom. The van der Waals surface area contributed by atoms with Crippen LogP contribution in [0.3, 0.4) is 0 Å². The number of rotatable bonds is 5. The minimum Gasteiger partial charge on any atom is -0.494 e. The summed E-state index contributed by atoms with van der Waals surface area (Å²) < 4.78 is 9.78. The average Bonchev–Trinajstić information content (AvgIpc) is 2.27. The van der Waals surface area contributed by atoms with Crippen molar-refractivity contribution in [1.29, 1.82) is 0 Å². The van der Waals surface area contributed by atoms with Gasteiger partial charge in [0.05, 0.1) is 0 Å². The van der Waals surface area contributed by atoms with Crippen molar-refractivity contribution in [2.75, 3.05) is 26.3 Å². The van der Waals surface area contributed by atoms with Crippen molar-refractivity contribution in [2.24, 2.45) is 0 Å². The van der Waals surface area contributed by atoms with Crippen molar-refractivity contribution in [1.82, 2.24) is 4.90 Å². The summed E-state index contributed by atoms with van der Waals surface area (Å²) >= 11 is 0. The highest BCUT2D eigenvalue weighted by Gasteiger charge is 2.25. The molecule has 8 heteroatoms. The standard InChI is InChI=1S/C9H11NO7/c11-7(12)3-10(4-8(13)14)9(15)6-5-16-1-2-17-6/h5H,1-4H2,(H,11,12)(H,13,14). The monoisotopic (exact) mass is 245 g/mol. The molecule has 1 amide bonds. The number of carbonyl (C=O) groups excluding carboxylic acids is 1. The van der Waals surface area contributed by atoms with Crippen LogP contribution in [0.25, 0.3) is 0 Å². The Kier molecular flexibility index (Phi) is 4.32. The Balaban J connectivity index is 2.73. The van der Waals surface area contributed by atoms with Crippen LogP contribution in [0.1, 0.15) is 0 Å². The second-order valence-corrected chi connectivity index (χ2v) is 3.15. The molecule has 0 aromatic rings. The zero-order valence-corrected chi connectivity index (χ0v) is 8.79. The van der Waals surface area contributed by atoms with E-state index in [4.69, 9.17) is 19.7 Å². The number of nitrogens with zero attached hydrogens (tertiary/aromatic N) is 1. The van der Waals surface area contributed by atoms with Crippen molar-refractivity contribution in [3.8, 4) is 0 Å². The van der Waals surface area contributed by atoms with E-state index in [0.29, 0.717) is 4.90 Å². The van der Waals surface area contributed by atoms with Gasteiger partial charge in [-0.1, -0.05) is 0 Å². The Hall–Kier alpha value is -2.25. The van der Waals surface area contributed by atoms with E-state index >= 15 is 0 Å². The van der Waals surface area contributed by atoms with Crippen LogP contribution < -0.4 is 0 Å². The molecule has 17 heavy (non-hydrogen) atoms. The van der Waals surface area contributed by atoms with Gasteiger partial charge in [0.15, 0.2) is 0 Å². The number of carbonyl (C=O) groups is 3. The Morgan fingerprint density at radius 2 is 1.76 bits per heavy atom. The summed E-state index contributed by atoms with van der Waals surface area (Å²) in [4.78, 5) is 33.3. The Labute approximate surface area is 96.0 Å². The maximum absolute atomic E-state index is 11.7. The lowest BCUT2D eigenvalue weighted by molar-refractivity contribution is -0.149. The van der Waals surface area contributed by atoms with E-state index < -0.39 is 30.9 Å². The molecule has 0 aromatic carbocycles. The smallest absolute Gasteiger partial charge is 0.323 e. The highest BCUT2D eigenvalue weighted by atomic mass is 16.6. The van der Waals surface area contributed by atoms with E-state index in [1.165, 1.54) is 0 Å². The molecule has 0 fully saturated rings. The predicted molar refractivity (Wildman–Crippen MR) is 51.8 cm³/mol. The van der Waals surface area contributed by atoms with Crippen molar-refractivity contribution in [3.05, 3.63) is 12.0 Å². The maximum atomic E-state index is 11.7. The molecule has 1 aliphatic rings. The lowest BCUT2D eigenvalue weighted by atomic mass is 10.3. The molecule has 1 heterocycles. The number of amides is 1. The fourth-order valence-corrected chi connectivity index (χ4v) is 1.16. The number of carboxylic acid groups (broad SMARTS) is 2. The van der Waals surface area contributed by atoms with Crippen LogP contribution in [-0.4, -0.2) is 59.3 Å². The van der Waals surface area contributed by atoms with E-state index in [1.54, 1.807) is 0 Å². The molecular weight excluding hydrogens is 234 g/mol. The highest BCUT2D eigenvalue weighted by Crippen LogP contribution is 2.08. The molecule has 0 aromatic heterocycles. The molecular formula is C9H11NO7. The van der Waals surface area contributed by atoms with Crippen molar-refractivity contribution in [2.45, 2.75) is 0 Å². The summed E-state index contributed by atoms with van der Waals surface area (Å²) in [5.74, 6) is -3.64.